The van der Waals surface area contributed by atoms with Gasteiger partial charge in [-0.1, -0.05) is 6.92 Å². The number of carboxylic acids is 1. The van der Waals surface area contributed by atoms with Crippen molar-refractivity contribution in [2.75, 3.05) is 20.3 Å². The number of methoxy groups -OCH3 is 1. The summed E-state index contributed by atoms with van der Waals surface area (Å²) in [5, 5.41) is 43.2. The third kappa shape index (κ3) is 5.96. The molecule has 2 fully saturated rings. The topological polar surface area (TPSA) is 190 Å². The van der Waals surface area contributed by atoms with E-state index in [1.54, 1.807) is 0 Å². The second-order valence-electron chi connectivity index (χ2n) is 7.40. The van der Waals surface area contributed by atoms with E-state index in [9.17, 15) is 34.8 Å². The predicted octanol–water partition coefficient (Wildman–Crippen LogP) is -3.01. The van der Waals surface area contributed by atoms with Crippen LogP contribution >= 0.6 is 0 Å². The average molecular weight is 451 g/mol. The standard InChI is InChI=1S/C18H29NO12/c1-7-11(22)13(24)18(30-14(7)16(25)26)31-15-10(19-8(2)21)17(27-3)29-9(12(15)23)6-28-5-4-20/h4,7,9-15,17-18,22-24H,5-6H2,1-3H3,(H,19,21)(H,25,26)/t7?,9?,10?,11-,12+,13?,14?,15+,17+,18-/m0/s1. The molecule has 0 bridgehead atoms. The lowest BCUT2D eigenvalue weighted by atomic mass is 9.90. The number of nitrogens with one attached hydrogen (secondary N) is 1. The van der Waals surface area contributed by atoms with Crippen LogP contribution in [0.25, 0.3) is 0 Å². The van der Waals surface area contributed by atoms with Crippen LogP contribution in [0.4, 0.5) is 0 Å². The second-order valence-corrected chi connectivity index (χ2v) is 7.40. The van der Waals surface area contributed by atoms with Gasteiger partial charge in [0, 0.05) is 20.0 Å². The normalized spacial score (nSPS) is 40.8. The van der Waals surface area contributed by atoms with Crippen molar-refractivity contribution in [3.63, 3.8) is 0 Å². The molecule has 2 heterocycles. The van der Waals surface area contributed by atoms with Crippen molar-refractivity contribution in [1.82, 2.24) is 5.32 Å². The Hall–Kier alpha value is -1.71. The van der Waals surface area contributed by atoms with Gasteiger partial charge in [0.2, 0.25) is 5.91 Å². The number of hydrogen-bond acceptors (Lipinski definition) is 11. The SMILES string of the molecule is CO[C@@H]1OC(COCC=O)[C@@H](O)[C@H](O[C@@H]2OC(C(=O)O)C(C)[C@H](O)C2O)C1NC(C)=O. The Labute approximate surface area is 178 Å². The van der Waals surface area contributed by atoms with Crippen molar-refractivity contribution in [3.05, 3.63) is 0 Å². The number of carbonyl (C=O) groups excluding carboxylic acids is 2. The van der Waals surface area contributed by atoms with E-state index in [1.807, 2.05) is 0 Å². The third-order valence-corrected chi connectivity index (χ3v) is 5.20. The molecule has 13 nitrogen and oxygen atoms in total. The van der Waals surface area contributed by atoms with Gasteiger partial charge >= 0.3 is 5.97 Å². The summed E-state index contributed by atoms with van der Waals surface area (Å²) in [6.07, 6.45) is -10.7. The molecule has 13 heteroatoms. The van der Waals surface area contributed by atoms with E-state index in [4.69, 9.17) is 23.7 Å². The van der Waals surface area contributed by atoms with Crippen LogP contribution in [0, 0.1) is 5.92 Å². The summed E-state index contributed by atoms with van der Waals surface area (Å²) in [5.41, 5.74) is 0. The van der Waals surface area contributed by atoms with Gasteiger partial charge in [-0.3, -0.25) is 4.79 Å². The first-order valence-corrected chi connectivity index (χ1v) is 9.67. The van der Waals surface area contributed by atoms with Crippen LogP contribution in [-0.2, 0) is 38.1 Å². The van der Waals surface area contributed by atoms with Gasteiger partial charge in [-0.2, -0.15) is 0 Å². The first kappa shape index (κ1) is 25.5. The smallest absolute Gasteiger partial charge is 0.333 e. The lowest BCUT2D eigenvalue weighted by molar-refractivity contribution is -0.333. The Morgan fingerprint density at radius 2 is 1.77 bits per heavy atom. The fraction of sp³-hybridized carbons (Fsp3) is 0.833. The van der Waals surface area contributed by atoms with Crippen LogP contribution < -0.4 is 5.32 Å². The van der Waals surface area contributed by atoms with Crippen molar-refractivity contribution < 1.29 is 58.5 Å². The molecular weight excluding hydrogens is 422 g/mol. The fourth-order valence-electron chi connectivity index (χ4n) is 3.59. The monoisotopic (exact) mass is 451 g/mol. The molecule has 0 spiro atoms. The molecule has 0 saturated carbocycles. The minimum absolute atomic E-state index is 0.224. The quantitative estimate of drug-likeness (QED) is 0.177. The highest BCUT2D eigenvalue weighted by Gasteiger charge is 2.52. The summed E-state index contributed by atoms with van der Waals surface area (Å²) in [4.78, 5) is 33.6. The van der Waals surface area contributed by atoms with E-state index in [0.717, 1.165) is 0 Å². The zero-order valence-electron chi connectivity index (χ0n) is 17.3. The predicted molar refractivity (Wildman–Crippen MR) is 98.5 cm³/mol. The number of aliphatic hydroxyl groups excluding tert-OH is 3. The number of ether oxygens (including phenoxy) is 5. The van der Waals surface area contributed by atoms with Crippen molar-refractivity contribution in [2.45, 2.75) is 69.1 Å². The zero-order valence-corrected chi connectivity index (χ0v) is 17.3. The van der Waals surface area contributed by atoms with Crippen LogP contribution in [-0.4, -0.2) is 114 Å². The van der Waals surface area contributed by atoms with Crippen LogP contribution in [0.5, 0.6) is 0 Å². The maximum Gasteiger partial charge on any atom is 0.333 e. The minimum Gasteiger partial charge on any atom is -0.479 e. The minimum atomic E-state index is -1.64. The van der Waals surface area contributed by atoms with Crippen molar-refractivity contribution in [3.8, 4) is 0 Å². The van der Waals surface area contributed by atoms with E-state index in [0.29, 0.717) is 6.29 Å². The number of hydrogen-bond donors (Lipinski definition) is 5. The molecule has 2 aliphatic rings. The molecule has 0 aromatic rings. The van der Waals surface area contributed by atoms with E-state index in [-0.39, 0.29) is 13.2 Å². The van der Waals surface area contributed by atoms with Crippen molar-refractivity contribution in [1.29, 1.82) is 0 Å². The van der Waals surface area contributed by atoms with Crippen LogP contribution in [0.2, 0.25) is 0 Å². The molecule has 2 aliphatic heterocycles. The van der Waals surface area contributed by atoms with Gasteiger partial charge in [-0.05, 0) is 0 Å². The van der Waals surface area contributed by atoms with Crippen LogP contribution in [0.1, 0.15) is 13.8 Å². The first-order valence-electron chi connectivity index (χ1n) is 9.67. The van der Waals surface area contributed by atoms with Crippen molar-refractivity contribution >= 4 is 18.2 Å². The summed E-state index contributed by atoms with van der Waals surface area (Å²) in [6, 6.07) is -1.09. The lowest BCUT2D eigenvalue weighted by Gasteiger charge is -2.47. The molecule has 10 atom stereocenters. The second kappa shape index (κ2) is 11.2. The molecule has 178 valence electrons. The molecule has 0 aromatic heterocycles. The number of rotatable bonds is 9. The third-order valence-electron chi connectivity index (χ3n) is 5.20. The van der Waals surface area contributed by atoms with Gasteiger partial charge in [0.25, 0.3) is 0 Å². The molecular formula is C18H29NO12. The molecule has 2 rings (SSSR count). The molecule has 2 saturated heterocycles. The Morgan fingerprint density at radius 3 is 2.32 bits per heavy atom. The maximum absolute atomic E-state index is 11.7. The maximum atomic E-state index is 11.7. The number of aliphatic hydroxyl groups is 3. The number of carbonyl (C=O) groups is 3. The zero-order chi connectivity index (χ0) is 23.3. The van der Waals surface area contributed by atoms with Gasteiger partial charge in [0.15, 0.2) is 18.7 Å². The van der Waals surface area contributed by atoms with E-state index in [1.165, 1.54) is 21.0 Å². The van der Waals surface area contributed by atoms with E-state index >= 15 is 0 Å². The van der Waals surface area contributed by atoms with Gasteiger partial charge in [0.05, 0.1) is 12.7 Å². The van der Waals surface area contributed by atoms with Gasteiger partial charge in [0.1, 0.15) is 43.4 Å². The largest absolute Gasteiger partial charge is 0.479 e. The highest BCUT2D eigenvalue weighted by atomic mass is 16.7. The number of carboxylic acid groups (broad SMARTS) is 1. The molecule has 5 N–H and O–H groups in total. The molecule has 0 aliphatic carbocycles. The summed E-state index contributed by atoms with van der Waals surface area (Å²) in [6.45, 7) is 2.14. The molecule has 0 aromatic carbocycles. The summed E-state index contributed by atoms with van der Waals surface area (Å²) >= 11 is 0. The fourth-order valence-corrected chi connectivity index (χ4v) is 3.59. The highest BCUT2D eigenvalue weighted by Crippen LogP contribution is 2.31. The number of amides is 1. The molecule has 0 radical (unpaired) electrons. The highest BCUT2D eigenvalue weighted by molar-refractivity contribution is 5.73. The Balaban J connectivity index is 2.28. The van der Waals surface area contributed by atoms with Gasteiger partial charge < -0.3 is 54.2 Å². The van der Waals surface area contributed by atoms with Gasteiger partial charge in [-0.15, -0.1) is 0 Å². The first-order chi connectivity index (χ1) is 14.6. The summed E-state index contributed by atoms with van der Waals surface area (Å²) in [7, 11) is 1.29. The van der Waals surface area contributed by atoms with Gasteiger partial charge in [-0.25, -0.2) is 4.79 Å². The van der Waals surface area contributed by atoms with Crippen LogP contribution in [0.3, 0.4) is 0 Å². The van der Waals surface area contributed by atoms with Crippen LogP contribution in [0.15, 0.2) is 0 Å². The Bertz CT molecular complexity index is 633. The number of aldehydes is 1. The molecule has 1 amide bonds. The molecule has 31 heavy (non-hydrogen) atoms. The summed E-state index contributed by atoms with van der Waals surface area (Å²) < 4.78 is 26.9. The Morgan fingerprint density at radius 1 is 1.10 bits per heavy atom. The molecule has 5 unspecified atom stereocenters. The Kier molecular flexibility index (Phi) is 9.27. The van der Waals surface area contributed by atoms with Crippen molar-refractivity contribution in [2.24, 2.45) is 5.92 Å². The van der Waals surface area contributed by atoms with E-state index < -0.39 is 73.0 Å². The van der Waals surface area contributed by atoms with E-state index in [2.05, 4.69) is 5.32 Å². The summed E-state index contributed by atoms with van der Waals surface area (Å²) in [5.74, 6) is -2.81. The number of aliphatic carboxylic acids is 1. The average Bonchev–Trinajstić information content (AvgIpc) is 2.71. The lowest BCUT2D eigenvalue weighted by Crippen LogP contribution is -2.67.